The van der Waals surface area contributed by atoms with Crippen molar-refractivity contribution >= 4 is 40.6 Å². The molecule has 22 heavy (non-hydrogen) atoms. The van der Waals surface area contributed by atoms with Gasteiger partial charge in [0.15, 0.2) is 5.76 Å². The van der Waals surface area contributed by atoms with E-state index in [1.807, 2.05) is 6.92 Å². The molecule has 2 rings (SSSR count). The van der Waals surface area contributed by atoms with Crippen molar-refractivity contribution < 1.29 is 14.0 Å². The highest BCUT2D eigenvalue weighted by Crippen LogP contribution is 2.23. The molecule has 2 amide bonds. The highest BCUT2D eigenvalue weighted by molar-refractivity contribution is 7.14. The van der Waals surface area contributed by atoms with E-state index in [0.717, 1.165) is 0 Å². The van der Waals surface area contributed by atoms with Crippen LogP contribution >= 0.6 is 23.7 Å². The molecule has 6 nitrogen and oxygen atoms in total. The lowest BCUT2D eigenvalue weighted by Crippen LogP contribution is -2.29. The highest BCUT2D eigenvalue weighted by atomic mass is 35.5. The monoisotopic (exact) mass is 343 g/mol. The minimum absolute atomic E-state index is 0. The Hall–Kier alpha value is -1.83. The zero-order valence-electron chi connectivity index (χ0n) is 12.0. The molecular formula is C14H18ClN3O3S. The molecule has 2 aromatic heterocycles. The Labute approximate surface area is 138 Å². The van der Waals surface area contributed by atoms with E-state index in [0.29, 0.717) is 23.5 Å². The fraction of sp³-hybridized carbons (Fsp3) is 0.286. The molecule has 0 aliphatic carbocycles. The van der Waals surface area contributed by atoms with E-state index in [2.05, 4.69) is 10.6 Å². The number of nitrogens with two attached hydrogens (primary N) is 1. The van der Waals surface area contributed by atoms with Crippen molar-refractivity contribution in [3.8, 4) is 0 Å². The molecule has 0 radical (unpaired) electrons. The lowest BCUT2D eigenvalue weighted by atomic mass is 10.2. The first-order valence-corrected chi connectivity index (χ1v) is 7.42. The molecule has 0 saturated carbocycles. The van der Waals surface area contributed by atoms with E-state index in [1.165, 1.54) is 17.6 Å². The molecule has 120 valence electrons. The molecule has 0 bridgehead atoms. The fourth-order valence-corrected chi connectivity index (χ4v) is 2.45. The largest absolute Gasteiger partial charge is 0.459 e. The minimum atomic E-state index is -0.382. The Kier molecular flexibility index (Phi) is 7.10. The number of amides is 2. The number of hydrogen-bond acceptors (Lipinski definition) is 5. The van der Waals surface area contributed by atoms with Crippen LogP contribution in [0.15, 0.2) is 34.3 Å². The zero-order valence-corrected chi connectivity index (χ0v) is 13.6. The van der Waals surface area contributed by atoms with E-state index < -0.39 is 0 Å². The number of halogens is 1. The van der Waals surface area contributed by atoms with Gasteiger partial charge in [-0.2, -0.15) is 0 Å². The minimum Gasteiger partial charge on any atom is -0.459 e. The van der Waals surface area contributed by atoms with Crippen LogP contribution in [-0.2, 0) is 0 Å². The summed E-state index contributed by atoms with van der Waals surface area (Å²) in [7, 11) is 0. The summed E-state index contributed by atoms with van der Waals surface area (Å²) in [6.45, 7) is 2.38. The predicted octanol–water partition coefficient (Wildman–Crippen LogP) is 2.48. The van der Waals surface area contributed by atoms with Gasteiger partial charge in [0, 0.05) is 12.6 Å². The van der Waals surface area contributed by atoms with Crippen LogP contribution in [-0.4, -0.2) is 24.4 Å². The molecular weight excluding hydrogens is 326 g/mol. The number of nitrogens with one attached hydrogen (secondary N) is 2. The Balaban J connectivity index is 0.00000242. The van der Waals surface area contributed by atoms with Crippen LogP contribution < -0.4 is 16.4 Å². The van der Waals surface area contributed by atoms with Crippen LogP contribution in [0, 0.1) is 0 Å². The van der Waals surface area contributed by atoms with Crippen LogP contribution in [0.5, 0.6) is 0 Å². The third kappa shape index (κ3) is 4.87. The summed E-state index contributed by atoms with van der Waals surface area (Å²) < 4.78 is 5.01. The third-order valence-electron chi connectivity index (χ3n) is 2.77. The van der Waals surface area contributed by atoms with Gasteiger partial charge >= 0.3 is 0 Å². The topological polar surface area (TPSA) is 97.4 Å². The Bertz CT molecular complexity index is 611. The maximum absolute atomic E-state index is 12.1. The van der Waals surface area contributed by atoms with E-state index in [4.69, 9.17) is 10.2 Å². The number of carbonyl (C=O) groups excluding carboxylic acids is 2. The van der Waals surface area contributed by atoms with Gasteiger partial charge in [0.25, 0.3) is 11.8 Å². The molecule has 0 spiro atoms. The predicted molar refractivity (Wildman–Crippen MR) is 88.8 cm³/mol. The van der Waals surface area contributed by atoms with Crippen molar-refractivity contribution in [3.63, 3.8) is 0 Å². The fourth-order valence-electron chi connectivity index (χ4n) is 1.67. The first kappa shape index (κ1) is 18.2. The summed E-state index contributed by atoms with van der Waals surface area (Å²) in [4.78, 5) is 24.0. The summed E-state index contributed by atoms with van der Waals surface area (Å²) in [6, 6.07) is 4.89. The van der Waals surface area contributed by atoms with Gasteiger partial charge in [-0.25, -0.2) is 0 Å². The van der Waals surface area contributed by atoms with Crippen molar-refractivity contribution in [2.45, 2.75) is 19.4 Å². The molecule has 2 aromatic rings. The molecule has 4 N–H and O–H groups in total. The Morgan fingerprint density at radius 3 is 2.77 bits per heavy atom. The van der Waals surface area contributed by atoms with Crippen molar-refractivity contribution in [3.05, 3.63) is 41.2 Å². The van der Waals surface area contributed by atoms with Crippen molar-refractivity contribution in [2.24, 2.45) is 5.73 Å². The molecule has 1 unspecified atom stereocenters. The van der Waals surface area contributed by atoms with E-state index in [-0.39, 0.29) is 36.0 Å². The summed E-state index contributed by atoms with van der Waals surface area (Å²) >= 11 is 1.28. The second-order valence-electron chi connectivity index (χ2n) is 4.62. The Morgan fingerprint density at radius 2 is 2.14 bits per heavy atom. The number of thiophene rings is 1. The summed E-state index contributed by atoms with van der Waals surface area (Å²) in [5, 5.41) is 7.69. The SMILES string of the molecule is CC(N)CCNC(=O)c1ccsc1NC(=O)c1ccco1.Cl. The Morgan fingerprint density at radius 1 is 1.36 bits per heavy atom. The van der Waals surface area contributed by atoms with Gasteiger partial charge in [-0.05, 0) is 36.9 Å². The number of furan rings is 1. The molecule has 0 aliphatic heterocycles. The highest BCUT2D eigenvalue weighted by Gasteiger charge is 2.16. The van der Waals surface area contributed by atoms with Crippen molar-refractivity contribution in [2.75, 3.05) is 11.9 Å². The van der Waals surface area contributed by atoms with Gasteiger partial charge in [-0.3, -0.25) is 9.59 Å². The van der Waals surface area contributed by atoms with Crippen molar-refractivity contribution in [1.29, 1.82) is 0 Å². The molecule has 0 aromatic carbocycles. The first-order chi connectivity index (χ1) is 10.1. The van der Waals surface area contributed by atoms with Gasteiger partial charge in [-0.1, -0.05) is 0 Å². The van der Waals surface area contributed by atoms with Gasteiger partial charge in [-0.15, -0.1) is 23.7 Å². The van der Waals surface area contributed by atoms with Crippen LogP contribution in [0.3, 0.4) is 0 Å². The third-order valence-corrected chi connectivity index (χ3v) is 3.60. The molecule has 2 heterocycles. The lowest BCUT2D eigenvalue weighted by molar-refractivity contribution is 0.0954. The second kappa shape index (κ2) is 8.57. The normalized spacial score (nSPS) is 11.4. The van der Waals surface area contributed by atoms with E-state index >= 15 is 0 Å². The second-order valence-corrected chi connectivity index (χ2v) is 5.53. The smallest absolute Gasteiger partial charge is 0.291 e. The summed E-state index contributed by atoms with van der Waals surface area (Å²) in [5.74, 6) is -0.412. The van der Waals surface area contributed by atoms with Gasteiger partial charge in [0.2, 0.25) is 0 Å². The van der Waals surface area contributed by atoms with E-state index in [1.54, 1.807) is 23.6 Å². The number of carbonyl (C=O) groups is 2. The average molecular weight is 344 g/mol. The lowest BCUT2D eigenvalue weighted by Gasteiger charge is -2.08. The zero-order chi connectivity index (χ0) is 15.2. The van der Waals surface area contributed by atoms with E-state index in [9.17, 15) is 9.59 Å². The number of anilines is 1. The molecule has 1 atom stereocenters. The van der Waals surface area contributed by atoms with Crippen LogP contribution in [0.2, 0.25) is 0 Å². The van der Waals surface area contributed by atoms with Crippen LogP contribution in [0.1, 0.15) is 34.3 Å². The maximum atomic E-state index is 12.1. The van der Waals surface area contributed by atoms with Crippen LogP contribution in [0.25, 0.3) is 0 Å². The van der Waals surface area contributed by atoms with Crippen LogP contribution in [0.4, 0.5) is 5.00 Å². The maximum Gasteiger partial charge on any atom is 0.291 e. The van der Waals surface area contributed by atoms with Gasteiger partial charge < -0.3 is 20.8 Å². The number of hydrogen-bond donors (Lipinski definition) is 3. The average Bonchev–Trinajstić information content (AvgIpc) is 3.09. The van der Waals surface area contributed by atoms with Crippen molar-refractivity contribution in [1.82, 2.24) is 5.32 Å². The number of rotatable bonds is 6. The molecule has 0 saturated heterocycles. The molecule has 0 aliphatic rings. The molecule has 8 heteroatoms. The summed E-state index contributed by atoms with van der Waals surface area (Å²) in [6.07, 6.45) is 2.12. The first-order valence-electron chi connectivity index (χ1n) is 6.54. The standard InChI is InChI=1S/C14H17N3O3S.ClH/c1-9(15)4-6-16-12(18)10-5-8-21-14(10)17-13(19)11-3-2-7-20-11;/h2-3,5,7-9H,4,6,15H2,1H3,(H,16,18)(H,17,19);1H. The van der Waals surface area contributed by atoms with Gasteiger partial charge in [0.1, 0.15) is 5.00 Å². The quantitative estimate of drug-likeness (QED) is 0.750. The molecule has 0 fully saturated rings. The summed E-state index contributed by atoms with van der Waals surface area (Å²) in [5.41, 5.74) is 6.07. The van der Waals surface area contributed by atoms with Gasteiger partial charge in [0.05, 0.1) is 11.8 Å².